The number of ether oxygens (including phenoxy) is 2. The second-order valence-corrected chi connectivity index (χ2v) is 14.3. The molecule has 1 aliphatic carbocycles. The number of nitrogens with one attached hydrogen (secondary N) is 3. The average molecular weight is 650 g/mol. The number of anilines is 1. The lowest BCUT2D eigenvalue weighted by Gasteiger charge is -2.34. The predicted molar refractivity (Wildman–Crippen MR) is 174 cm³/mol. The maximum Gasteiger partial charge on any atom is 0.326 e. The van der Waals surface area contributed by atoms with Gasteiger partial charge in [-0.3, -0.25) is 23.3 Å². The van der Waals surface area contributed by atoms with E-state index < -0.39 is 30.5 Å². The highest BCUT2D eigenvalue weighted by atomic mass is 31.2. The van der Waals surface area contributed by atoms with E-state index in [4.69, 9.17) is 9.47 Å². The summed E-state index contributed by atoms with van der Waals surface area (Å²) in [6, 6.07) is 14.9. The third-order valence-corrected chi connectivity index (χ3v) is 10.1. The molecule has 1 saturated carbocycles. The Morgan fingerprint density at radius 3 is 2.17 bits per heavy atom. The third-order valence-electron chi connectivity index (χ3n) is 7.44. The number of amides is 1. The first-order valence-electron chi connectivity index (χ1n) is 15.3. The smallest absolute Gasteiger partial charge is 0.326 e. The molecular weight excluding hydrogens is 609 g/mol. The van der Waals surface area contributed by atoms with Gasteiger partial charge in [0.15, 0.2) is 11.3 Å². The van der Waals surface area contributed by atoms with Gasteiger partial charge >= 0.3 is 11.9 Å². The molecule has 0 spiro atoms. The summed E-state index contributed by atoms with van der Waals surface area (Å²) in [5.41, 5.74) is 0.351. The normalized spacial score (nSPS) is 13.9. The van der Waals surface area contributed by atoms with E-state index in [0.717, 1.165) is 24.1 Å². The first-order chi connectivity index (χ1) is 21.8. The van der Waals surface area contributed by atoms with E-state index in [1.807, 2.05) is 46.9 Å². The van der Waals surface area contributed by atoms with Gasteiger partial charge in [0.2, 0.25) is 5.91 Å². The van der Waals surface area contributed by atoms with Crippen molar-refractivity contribution in [1.29, 1.82) is 0 Å². The molecule has 3 aromatic heterocycles. The van der Waals surface area contributed by atoms with E-state index in [9.17, 15) is 18.9 Å². The number of hydrogen-bond donors (Lipinski definition) is 3. The fourth-order valence-corrected chi connectivity index (χ4v) is 7.50. The number of rotatable bonds is 13. The molecule has 1 fully saturated rings. The van der Waals surface area contributed by atoms with Crippen molar-refractivity contribution in [3.05, 3.63) is 60.9 Å². The largest absolute Gasteiger partial charge is 0.465 e. The van der Waals surface area contributed by atoms with Crippen LogP contribution < -0.4 is 20.9 Å². The summed E-state index contributed by atoms with van der Waals surface area (Å²) in [4.78, 5) is 42.4. The Kier molecular flexibility index (Phi) is 9.21. The van der Waals surface area contributed by atoms with E-state index in [-0.39, 0.29) is 30.5 Å². The van der Waals surface area contributed by atoms with Gasteiger partial charge in [-0.15, -0.1) is 0 Å². The molecule has 1 aliphatic rings. The lowest BCUT2D eigenvalue weighted by molar-refractivity contribution is -0.149. The summed E-state index contributed by atoms with van der Waals surface area (Å²) in [7, 11) is -3.96. The molecule has 4 aromatic rings. The molecule has 46 heavy (non-hydrogen) atoms. The predicted octanol–water partition coefficient (Wildman–Crippen LogP) is 4.22. The van der Waals surface area contributed by atoms with Gasteiger partial charge < -0.3 is 14.8 Å². The topological polar surface area (TPSA) is 158 Å². The molecule has 0 atom stereocenters. The first-order valence-corrected chi connectivity index (χ1v) is 17.0. The number of hydrogen-bond acceptors (Lipinski definition) is 8. The van der Waals surface area contributed by atoms with Crippen LogP contribution >= 0.6 is 7.44 Å². The molecule has 3 heterocycles. The number of imidazole rings is 1. The van der Waals surface area contributed by atoms with Gasteiger partial charge in [0.05, 0.1) is 30.8 Å². The molecule has 244 valence electrons. The molecule has 0 bridgehead atoms. The number of pyridine rings is 1. The minimum Gasteiger partial charge on any atom is -0.465 e. The van der Waals surface area contributed by atoms with Crippen molar-refractivity contribution in [2.75, 3.05) is 18.5 Å². The maximum atomic E-state index is 14.7. The van der Waals surface area contributed by atoms with Crippen LogP contribution in [0, 0.1) is 5.92 Å². The van der Waals surface area contributed by atoms with Crippen LogP contribution in [0.15, 0.2) is 60.9 Å². The van der Waals surface area contributed by atoms with E-state index in [2.05, 4.69) is 25.6 Å². The molecular formula is C32H40N7O6P. The molecule has 13 nitrogen and oxygen atoms in total. The lowest BCUT2D eigenvalue weighted by Crippen LogP contribution is -2.55. The van der Waals surface area contributed by atoms with Gasteiger partial charge in [-0.05, 0) is 84.7 Å². The van der Waals surface area contributed by atoms with E-state index in [0.29, 0.717) is 17.2 Å². The molecule has 1 aromatic carbocycles. The van der Waals surface area contributed by atoms with Crippen molar-refractivity contribution >= 4 is 42.2 Å². The van der Waals surface area contributed by atoms with E-state index in [1.54, 1.807) is 64.7 Å². The van der Waals surface area contributed by atoms with Gasteiger partial charge in [-0.1, -0.05) is 18.2 Å². The van der Waals surface area contributed by atoms with Gasteiger partial charge in [0, 0.05) is 17.7 Å². The summed E-state index contributed by atoms with van der Waals surface area (Å²) in [5.74, 6) is -0.680. The fourth-order valence-electron chi connectivity index (χ4n) is 4.96. The minimum absolute atomic E-state index is 0.0148. The van der Waals surface area contributed by atoms with Crippen LogP contribution in [-0.2, 0) is 28.4 Å². The van der Waals surface area contributed by atoms with Crippen LogP contribution in [0.1, 0.15) is 54.4 Å². The molecule has 1 amide bonds. The molecule has 5 rings (SSSR count). The van der Waals surface area contributed by atoms with Crippen LogP contribution in [0.5, 0.6) is 0 Å². The Morgan fingerprint density at radius 1 is 0.935 bits per heavy atom. The van der Waals surface area contributed by atoms with Crippen molar-refractivity contribution in [3.8, 4) is 16.9 Å². The molecule has 0 aliphatic heterocycles. The van der Waals surface area contributed by atoms with Crippen molar-refractivity contribution in [1.82, 2.24) is 29.3 Å². The van der Waals surface area contributed by atoms with E-state index >= 15 is 0 Å². The molecule has 3 N–H and O–H groups in total. The second-order valence-electron chi connectivity index (χ2n) is 12.2. The summed E-state index contributed by atoms with van der Waals surface area (Å²) >= 11 is 0. The molecule has 0 unspecified atom stereocenters. The number of carbonyl (C=O) groups is 3. The fraction of sp³-hybridized carbons (Fsp3) is 0.406. The summed E-state index contributed by atoms with van der Waals surface area (Å²) in [6.07, 6.45) is 5.26. The van der Waals surface area contributed by atoms with Crippen molar-refractivity contribution in [2.24, 2.45) is 5.92 Å². The first kappa shape index (κ1) is 33.1. The van der Waals surface area contributed by atoms with Crippen LogP contribution in [0.3, 0.4) is 0 Å². The Morgan fingerprint density at radius 2 is 1.57 bits per heavy atom. The Hall–Kier alpha value is -4.32. The highest BCUT2D eigenvalue weighted by Crippen LogP contribution is 2.40. The lowest BCUT2D eigenvalue weighted by atomic mass is 10.1. The van der Waals surface area contributed by atoms with Gasteiger partial charge in [-0.2, -0.15) is 5.10 Å². The quantitative estimate of drug-likeness (QED) is 0.142. The zero-order valence-corrected chi connectivity index (χ0v) is 27.8. The van der Waals surface area contributed by atoms with Gasteiger partial charge in [0.1, 0.15) is 16.7 Å². The highest BCUT2D eigenvalue weighted by molar-refractivity contribution is 7.67. The number of aromatic nitrogens is 4. The summed E-state index contributed by atoms with van der Waals surface area (Å²) < 4.78 is 28.6. The van der Waals surface area contributed by atoms with Crippen molar-refractivity contribution in [2.45, 2.75) is 65.5 Å². The molecule has 0 radical (unpaired) electrons. The molecule has 0 saturated heterocycles. The SMILES string of the molecule is CCOC(=O)C(C)(C)NP(=O)(NC(C)(C)C(=O)OCC)c1ccn(-c2cccc(-c3cccc4nc(NC(=O)C5CC5)cn34)c2)n1. The Balaban J connectivity index is 1.48. The zero-order chi connectivity index (χ0) is 33.3. The molecule has 14 heteroatoms. The van der Waals surface area contributed by atoms with Gasteiger partial charge in [-0.25, -0.2) is 19.8 Å². The number of fused-ring (bicyclic) bond motifs is 1. The second kappa shape index (κ2) is 12.8. The number of benzene rings is 1. The van der Waals surface area contributed by atoms with Crippen LogP contribution in [0.4, 0.5) is 5.82 Å². The summed E-state index contributed by atoms with van der Waals surface area (Å²) in [6.45, 7) is 9.87. The van der Waals surface area contributed by atoms with Crippen LogP contribution in [-0.4, -0.2) is 61.3 Å². The van der Waals surface area contributed by atoms with Crippen LogP contribution in [0.2, 0.25) is 0 Å². The summed E-state index contributed by atoms with van der Waals surface area (Å²) in [5, 5.41) is 13.4. The number of esters is 2. The Labute approximate surface area is 267 Å². The Bertz CT molecular complexity index is 1790. The average Bonchev–Trinajstić information content (AvgIpc) is 3.57. The van der Waals surface area contributed by atoms with Gasteiger partial charge in [0.25, 0.3) is 7.44 Å². The third kappa shape index (κ3) is 7.06. The highest BCUT2D eigenvalue weighted by Gasteiger charge is 2.44. The number of carbonyl (C=O) groups excluding carboxylic acids is 3. The standard InChI is InChI=1S/C32H40N7O6P/c1-7-44-29(41)31(3,4)36-46(43,37-32(5,6)30(42)45-8-2)27-17-18-39(35-27)23-12-9-11-22(19-23)24-13-10-14-26-33-25(20-38(24)26)34-28(40)21-15-16-21/h9-14,17-21H,7-8,15-16H2,1-6H3,(H,34,40)(H2,36,37,43). The zero-order valence-electron chi connectivity index (χ0n) is 26.9. The maximum absolute atomic E-state index is 14.7. The van der Waals surface area contributed by atoms with Crippen molar-refractivity contribution < 1.29 is 28.4 Å². The van der Waals surface area contributed by atoms with E-state index in [1.165, 1.54) is 0 Å². The van der Waals surface area contributed by atoms with Crippen molar-refractivity contribution in [3.63, 3.8) is 0 Å². The number of nitrogens with zero attached hydrogens (tertiary/aromatic N) is 4. The van der Waals surface area contributed by atoms with Crippen LogP contribution in [0.25, 0.3) is 22.6 Å². The minimum atomic E-state index is -3.96. The monoisotopic (exact) mass is 649 g/mol.